The zero-order valence-electron chi connectivity index (χ0n) is 18.9. The molecule has 0 aliphatic carbocycles. The first-order valence-corrected chi connectivity index (χ1v) is 11.1. The number of rotatable bonds is 5. The van der Waals surface area contributed by atoms with Crippen LogP contribution in [0.3, 0.4) is 0 Å². The van der Waals surface area contributed by atoms with Crippen molar-refractivity contribution in [2.45, 2.75) is 19.9 Å². The van der Waals surface area contributed by atoms with Crippen LogP contribution in [0, 0.1) is 6.92 Å². The van der Waals surface area contributed by atoms with E-state index in [1.807, 2.05) is 43.0 Å². The molecule has 0 amide bonds. The van der Waals surface area contributed by atoms with Gasteiger partial charge in [0.15, 0.2) is 0 Å². The van der Waals surface area contributed by atoms with Crippen LogP contribution in [-0.2, 0) is 0 Å². The molecule has 162 valence electrons. The van der Waals surface area contributed by atoms with E-state index < -0.39 is 0 Å². The molecular weight excluding hydrogens is 404 g/mol. The number of aromatic nitrogens is 3. The molecule has 4 aromatic rings. The van der Waals surface area contributed by atoms with Gasteiger partial charge in [-0.1, -0.05) is 30.4 Å². The minimum absolute atomic E-state index is 0.00435. The summed E-state index contributed by atoms with van der Waals surface area (Å²) in [6.45, 7) is 8.31. The van der Waals surface area contributed by atoms with Crippen LogP contribution in [0.25, 0.3) is 34.4 Å². The Hall–Kier alpha value is -4.18. The van der Waals surface area contributed by atoms with Gasteiger partial charge in [-0.15, -0.1) is 0 Å². The number of dihydropyridines is 1. The van der Waals surface area contributed by atoms with Crippen LogP contribution in [0.1, 0.15) is 40.9 Å². The van der Waals surface area contributed by atoms with E-state index >= 15 is 0 Å². The van der Waals surface area contributed by atoms with E-state index in [0.29, 0.717) is 0 Å². The highest BCUT2D eigenvalue weighted by Crippen LogP contribution is 2.36. The summed E-state index contributed by atoms with van der Waals surface area (Å²) in [7, 11) is 0. The highest BCUT2D eigenvalue weighted by molar-refractivity contribution is 5.98. The molecule has 1 atom stereocenters. The average Bonchev–Trinajstić information content (AvgIpc) is 3.17. The number of hydrogen-bond acceptors (Lipinski definition) is 3. The predicted molar refractivity (Wildman–Crippen MR) is 138 cm³/mol. The highest BCUT2D eigenvalue weighted by atomic mass is 15.0. The van der Waals surface area contributed by atoms with Crippen molar-refractivity contribution in [2.75, 3.05) is 0 Å². The van der Waals surface area contributed by atoms with Crippen molar-refractivity contribution < 1.29 is 0 Å². The summed E-state index contributed by atoms with van der Waals surface area (Å²) in [5.41, 5.74) is 9.08. The standard InChI is InChI=1S/C29H26N4/c1-4-6-28-24(5-2)25-17-20(3)7-8-29(25)33(28)23-18-26(21-9-13-30-14-10-21)32-27(19-23)22-11-15-31-16-12-22/h4-19,26,32H,2H2,1,3H3/b6-4-. The number of aryl methyl sites for hydroxylation is 1. The van der Waals surface area contributed by atoms with Crippen LogP contribution in [0.5, 0.6) is 0 Å². The summed E-state index contributed by atoms with van der Waals surface area (Å²) in [6, 6.07) is 14.8. The predicted octanol–water partition coefficient (Wildman–Crippen LogP) is 6.64. The van der Waals surface area contributed by atoms with Gasteiger partial charge in [0.05, 0.1) is 17.3 Å². The molecule has 4 heteroatoms. The fourth-order valence-electron chi connectivity index (χ4n) is 4.47. The molecule has 0 saturated heterocycles. The Morgan fingerprint density at radius 3 is 2.42 bits per heavy atom. The lowest BCUT2D eigenvalue weighted by Crippen LogP contribution is -2.23. The summed E-state index contributed by atoms with van der Waals surface area (Å²) in [5.74, 6) is 0. The van der Waals surface area contributed by atoms with Crippen LogP contribution in [0.4, 0.5) is 0 Å². The van der Waals surface area contributed by atoms with Crippen LogP contribution in [0.15, 0.2) is 92.1 Å². The molecule has 1 aliphatic heterocycles. The number of nitrogens with one attached hydrogen (secondary N) is 1. The van der Waals surface area contributed by atoms with Gasteiger partial charge in [0.25, 0.3) is 0 Å². The Morgan fingerprint density at radius 2 is 1.73 bits per heavy atom. The fourth-order valence-corrected chi connectivity index (χ4v) is 4.47. The first-order chi connectivity index (χ1) is 16.2. The maximum absolute atomic E-state index is 4.20. The lowest BCUT2D eigenvalue weighted by molar-refractivity contribution is 0.759. The van der Waals surface area contributed by atoms with Crippen molar-refractivity contribution >= 4 is 34.4 Å². The first kappa shape index (κ1) is 20.7. The molecule has 4 nitrogen and oxygen atoms in total. The number of fused-ring (bicyclic) bond motifs is 1. The van der Waals surface area contributed by atoms with Gasteiger partial charge in [-0.2, -0.15) is 0 Å². The molecule has 1 unspecified atom stereocenters. The van der Waals surface area contributed by atoms with Crippen molar-refractivity contribution in [2.24, 2.45) is 0 Å². The van der Waals surface area contributed by atoms with Crippen molar-refractivity contribution in [3.63, 3.8) is 0 Å². The zero-order chi connectivity index (χ0) is 22.8. The van der Waals surface area contributed by atoms with Gasteiger partial charge in [0.2, 0.25) is 0 Å². The van der Waals surface area contributed by atoms with Crippen LogP contribution in [0.2, 0.25) is 0 Å². The Morgan fingerprint density at radius 1 is 1.00 bits per heavy atom. The van der Waals surface area contributed by atoms with Crippen LogP contribution >= 0.6 is 0 Å². The van der Waals surface area contributed by atoms with E-state index in [1.54, 1.807) is 0 Å². The lowest BCUT2D eigenvalue weighted by Gasteiger charge is -2.26. The van der Waals surface area contributed by atoms with Gasteiger partial charge in [0, 0.05) is 52.7 Å². The molecule has 4 heterocycles. The number of hydrogen-bond donors (Lipinski definition) is 1. The van der Waals surface area contributed by atoms with Crippen molar-refractivity contribution in [3.8, 4) is 0 Å². The van der Waals surface area contributed by atoms with Gasteiger partial charge >= 0.3 is 0 Å². The molecule has 0 fully saturated rings. The Labute approximate surface area is 194 Å². The van der Waals surface area contributed by atoms with E-state index in [-0.39, 0.29) is 6.04 Å². The summed E-state index contributed by atoms with van der Waals surface area (Å²) in [6.07, 6.45) is 18.0. The molecule has 0 saturated carbocycles. The van der Waals surface area contributed by atoms with Gasteiger partial charge in [-0.25, -0.2) is 0 Å². The third-order valence-electron chi connectivity index (χ3n) is 5.98. The highest BCUT2D eigenvalue weighted by Gasteiger charge is 2.22. The second kappa shape index (κ2) is 8.75. The third-order valence-corrected chi connectivity index (χ3v) is 5.98. The number of nitrogens with zero attached hydrogens (tertiary/aromatic N) is 3. The van der Waals surface area contributed by atoms with E-state index in [9.17, 15) is 0 Å². The maximum Gasteiger partial charge on any atom is 0.0722 e. The summed E-state index contributed by atoms with van der Waals surface area (Å²) >= 11 is 0. The SMILES string of the molecule is C=Cc1c(/C=C\C)n(C2=CC(c3ccncc3)NC(c3ccncc3)=C2)c2ccc(C)cc12. The van der Waals surface area contributed by atoms with Crippen LogP contribution in [-0.4, -0.2) is 14.5 Å². The molecule has 1 aliphatic rings. The lowest BCUT2D eigenvalue weighted by atomic mass is 10.0. The zero-order valence-corrected chi connectivity index (χ0v) is 18.9. The second-order valence-corrected chi connectivity index (χ2v) is 8.15. The van der Waals surface area contributed by atoms with E-state index in [4.69, 9.17) is 0 Å². The summed E-state index contributed by atoms with van der Waals surface area (Å²) in [4.78, 5) is 8.39. The summed E-state index contributed by atoms with van der Waals surface area (Å²) in [5, 5.41) is 4.90. The molecule has 5 rings (SSSR count). The minimum atomic E-state index is 0.00435. The molecule has 0 spiro atoms. The van der Waals surface area contributed by atoms with Crippen molar-refractivity contribution in [1.82, 2.24) is 19.9 Å². The van der Waals surface area contributed by atoms with Crippen molar-refractivity contribution in [3.05, 3.63) is 120 Å². The van der Waals surface area contributed by atoms with E-state index in [1.165, 1.54) is 10.9 Å². The molecule has 0 radical (unpaired) electrons. The van der Waals surface area contributed by atoms with Gasteiger partial charge in [0.1, 0.15) is 0 Å². The smallest absolute Gasteiger partial charge is 0.0722 e. The Kier molecular flexibility index (Phi) is 5.49. The molecular formula is C29H26N4. The molecule has 3 aromatic heterocycles. The third kappa shape index (κ3) is 3.80. The van der Waals surface area contributed by atoms with Gasteiger partial charge in [-0.05, 0) is 74.0 Å². The Balaban J connectivity index is 1.78. The second-order valence-electron chi connectivity index (χ2n) is 8.15. The monoisotopic (exact) mass is 430 g/mol. The number of allylic oxidation sites excluding steroid dienone is 3. The molecule has 0 bridgehead atoms. The fraction of sp³-hybridized carbons (Fsp3) is 0.103. The number of benzene rings is 1. The average molecular weight is 431 g/mol. The van der Waals surface area contributed by atoms with Crippen LogP contribution < -0.4 is 5.32 Å². The first-order valence-electron chi connectivity index (χ1n) is 11.1. The quantitative estimate of drug-likeness (QED) is 0.386. The minimum Gasteiger partial charge on any atom is -0.374 e. The summed E-state index contributed by atoms with van der Waals surface area (Å²) < 4.78 is 2.34. The normalized spacial score (nSPS) is 15.9. The van der Waals surface area contributed by atoms with Gasteiger partial charge < -0.3 is 9.88 Å². The molecule has 1 N–H and O–H groups in total. The topological polar surface area (TPSA) is 42.7 Å². The van der Waals surface area contributed by atoms with Gasteiger partial charge in [-0.3, -0.25) is 9.97 Å². The van der Waals surface area contributed by atoms with Crippen molar-refractivity contribution in [1.29, 1.82) is 0 Å². The Bertz CT molecular complexity index is 1410. The van der Waals surface area contributed by atoms with E-state index in [2.05, 4.69) is 94.9 Å². The maximum atomic E-state index is 4.20. The van der Waals surface area contributed by atoms with E-state index in [0.717, 1.165) is 39.3 Å². The largest absolute Gasteiger partial charge is 0.374 e. The molecule has 1 aromatic carbocycles. The molecule has 33 heavy (non-hydrogen) atoms. The number of pyridine rings is 2.